The number of nitrogens with two attached hydrogens (primary N) is 2. The predicted octanol–water partition coefficient (Wildman–Crippen LogP) is 2.30. The minimum absolute atomic E-state index is 0.0508. The fourth-order valence-corrected chi connectivity index (χ4v) is 2.67. The lowest BCUT2D eigenvalue weighted by molar-refractivity contribution is 0.596. The van der Waals surface area contributed by atoms with Gasteiger partial charge in [0.05, 0.1) is 5.69 Å². The zero-order valence-electron chi connectivity index (χ0n) is 11.5. The third kappa shape index (κ3) is 5.08. The van der Waals surface area contributed by atoms with Crippen molar-refractivity contribution in [1.82, 2.24) is 0 Å². The number of unbranched alkanes of at least 4 members (excludes halogenated alkanes) is 2. The number of benzene rings is 1. The van der Waals surface area contributed by atoms with Crippen LogP contribution in [0.2, 0.25) is 0 Å². The molecule has 0 radical (unpaired) electrons. The Bertz CT molecular complexity index is 515. The molecule has 0 fully saturated rings. The van der Waals surface area contributed by atoms with Crippen LogP contribution < -0.4 is 16.2 Å². The number of hydrogen-bond donors (Lipinski definition) is 3. The average molecular weight is 285 g/mol. The van der Waals surface area contributed by atoms with E-state index in [1.807, 2.05) is 6.92 Å². The van der Waals surface area contributed by atoms with Crippen LogP contribution >= 0.6 is 0 Å². The molecular weight excluding hydrogens is 262 g/mol. The largest absolute Gasteiger partial charge is 0.399 e. The van der Waals surface area contributed by atoms with E-state index in [1.165, 1.54) is 12.5 Å². The first-order valence-corrected chi connectivity index (χ1v) is 8.08. The zero-order valence-corrected chi connectivity index (χ0v) is 12.3. The summed E-state index contributed by atoms with van der Waals surface area (Å²) in [5.41, 5.74) is 6.50. The van der Waals surface area contributed by atoms with Crippen molar-refractivity contribution in [1.29, 1.82) is 0 Å². The van der Waals surface area contributed by atoms with Gasteiger partial charge in [0.25, 0.3) is 0 Å². The van der Waals surface area contributed by atoms with E-state index in [1.54, 1.807) is 12.1 Å². The summed E-state index contributed by atoms with van der Waals surface area (Å²) in [6.07, 6.45) is 4.44. The highest BCUT2D eigenvalue weighted by Crippen LogP contribution is 2.24. The van der Waals surface area contributed by atoms with E-state index >= 15 is 0 Å². The molecule has 0 aromatic heterocycles. The van der Waals surface area contributed by atoms with Crippen molar-refractivity contribution in [2.75, 3.05) is 11.1 Å². The molecule has 1 aromatic rings. The van der Waals surface area contributed by atoms with E-state index in [-0.39, 0.29) is 10.9 Å². The number of primary sulfonamides is 1. The highest BCUT2D eigenvalue weighted by atomic mass is 32.2. The van der Waals surface area contributed by atoms with Crippen LogP contribution in [0.25, 0.3) is 0 Å². The van der Waals surface area contributed by atoms with E-state index < -0.39 is 10.0 Å². The highest BCUT2D eigenvalue weighted by Gasteiger charge is 2.15. The van der Waals surface area contributed by atoms with Gasteiger partial charge in [0.2, 0.25) is 10.0 Å². The fourth-order valence-electron chi connectivity index (χ4n) is 1.93. The first kappa shape index (κ1) is 15.8. The van der Waals surface area contributed by atoms with Gasteiger partial charge in [-0.05, 0) is 31.5 Å². The maximum Gasteiger partial charge on any atom is 0.240 e. The Labute approximate surface area is 115 Å². The molecule has 0 bridgehead atoms. The quantitative estimate of drug-likeness (QED) is 0.529. The molecule has 0 aliphatic carbocycles. The van der Waals surface area contributed by atoms with Gasteiger partial charge in [0.1, 0.15) is 4.90 Å². The molecule has 0 saturated heterocycles. The first-order valence-electron chi connectivity index (χ1n) is 6.53. The maximum absolute atomic E-state index is 11.5. The van der Waals surface area contributed by atoms with Gasteiger partial charge in [-0.1, -0.05) is 26.2 Å². The summed E-state index contributed by atoms with van der Waals surface area (Å²) < 4.78 is 23.1. The van der Waals surface area contributed by atoms with E-state index in [2.05, 4.69) is 12.2 Å². The molecule has 1 rings (SSSR count). The summed E-state index contributed by atoms with van der Waals surface area (Å²) in [5.74, 6) is 0. The maximum atomic E-state index is 11.5. The van der Waals surface area contributed by atoms with Crippen LogP contribution in [0.3, 0.4) is 0 Å². The molecule has 6 heteroatoms. The molecule has 108 valence electrons. The van der Waals surface area contributed by atoms with Gasteiger partial charge < -0.3 is 11.1 Å². The molecule has 0 aliphatic rings. The normalized spacial score (nSPS) is 13.2. The van der Waals surface area contributed by atoms with Crippen molar-refractivity contribution in [3.8, 4) is 0 Å². The standard InChI is InChI=1S/C13H23N3O2S/c1-3-4-5-6-10(2)16-12-8-7-11(14)9-13(12)19(15,17)18/h7-10,16H,3-6,14H2,1-2H3,(H2,15,17,18). The van der Waals surface area contributed by atoms with Gasteiger partial charge >= 0.3 is 0 Å². The smallest absolute Gasteiger partial charge is 0.240 e. The van der Waals surface area contributed by atoms with Gasteiger partial charge in [-0.2, -0.15) is 0 Å². The first-order chi connectivity index (χ1) is 8.84. The van der Waals surface area contributed by atoms with E-state index in [0.717, 1.165) is 19.3 Å². The molecular formula is C13H23N3O2S. The van der Waals surface area contributed by atoms with Crippen LogP contribution in [0.5, 0.6) is 0 Å². The monoisotopic (exact) mass is 285 g/mol. The molecule has 1 atom stereocenters. The fraction of sp³-hybridized carbons (Fsp3) is 0.538. The summed E-state index contributed by atoms with van der Waals surface area (Å²) in [7, 11) is -3.77. The van der Waals surface area contributed by atoms with Crippen LogP contribution in [0.15, 0.2) is 23.1 Å². The Morgan fingerprint density at radius 3 is 2.58 bits per heavy atom. The van der Waals surface area contributed by atoms with Crippen molar-refractivity contribution in [3.05, 3.63) is 18.2 Å². The molecule has 0 heterocycles. The lowest BCUT2D eigenvalue weighted by atomic mass is 10.1. The molecule has 1 unspecified atom stereocenters. The molecule has 1 aromatic carbocycles. The van der Waals surface area contributed by atoms with Crippen molar-refractivity contribution in [2.24, 2.45) is 5.14 Å². The number of sulfonamides is 1. The summed E-state index contributed by atoms with van der Waals surface area (Å²) in [4.78, 5) is 0.0508. The highest BCUT2D eigenvalue weighted by molar-refractivity contribution is 7.89. The second-order valence-corrected chi connectivity index (χ2v) is 6.37. The Morgan fingerprint density at radius 1 is 1.32 bits per heavy atom. The van der Waals surface area contributed by atoms with Gasteiger partial charge in [0, 0.05) is 11.7 Å². The zero-order chi connectivity index (χ0) is 14.5. The SMILES string of the molecule is CCCCCC(C)Nc1ccc(N)cc1S(N)(=O)=O. The van der Waals surface area contributed by atoms with E-state index in [0.29, 0.717) is 11.4 Å². The van der Waals surface area contributed by atoms with Crippen molar-refractivity contribution in [3.63, 3.8) is 0 Å². The van der Waals surface area contributed by atoms with Crippen molar-refractivity contribution in [2.45, 2.75) is 50.5 Å². The van der Waals surface area contributed by atoms with Crippen LogP contribution in [-0.4, -0.2) is 14.5 Å². The molecule has 0 saturated carbocycles. The second-order valence-electron chi connectivity index (χ2n) is 4.84. The molecule has 5 nitrogen and oxygen atoms in total. The topological polar surface area (TPSA) is 98.2 Å². The minimum Gasteiger partial charge on any atom is -0.399 e. The summed E-state index contributed by atoms with van der Waals surface area (Å²) in [6.45, 7) is 4.18. The molecule has 19 heavy (non-hydrogen) atoms. The Morgan fingerprint density at radius 2 is 2.00 bits per heavy atom. The Hall–Kier alpha value is -1.27. The summed E-state index contributed by atoms with van der Waals surface area (Å²) in [5, 5.41) is 8.39. The minimum atomic E-state index is -3.77. The predicted molar refractivity (Wildman–Crippen MR) is 79.5 cm³/mol. The van der Waals surface area contributed by atoms with Crippen LogP contribution in [0, 0.1) is 0 Å². The number of anilines is 2. The van der Waals surface area contributed by atoms with Crippen LogP contribution in [-0.2, 0) is 10.0 Å². The van der Waals surface area contributed by atoms with Crippen molar-refractivity contribution < 1.29 is 8.42 Å². The van der Waals surface area contributed by atoms with Gasteiger partial charge in [-0.15, -0.1) is 0 Å². The van der Waals surface area contributed by atoms with E-state index in [4.69, 9.17) is 10.9 Å². The van der Waals surface area contributed by atoms with Gasteiger partial charge in [-0.3, -0.25) is 0 Å². The van der Waals surface area contributed by atoms with Crippen LogP contribution in [0.4, 0.5) is 11.4 Å². The summed E-state index contributed by atoms with van der Waals surface area (Å²) in [6, 6.07) is 4.90. The third-order valence-corrected chi connectivity index (χ3v) is 3.91. The number of rotatable bonds is 7. The number of hydrogen-bond acceptors (Lipinski definition) is 4. The second kappa shape index (κ2) is 6.77. The molecule has 5 N–H and O–H groups in total. The Balaban J connectivity index is 2.83. The average Bonchev–Trinajstić information content (AvgIpc) is 2.30. The third-order valence-electron chi connectivity index (χ3n) is 2.95. The lowest BCUT2D eigenvalue weighted by Crippen LogP contribution is -2.20. The van der Waals surface area contributed by atoms with Crippen molar-refractivity contribution >= 4 is 21.4 Å². The van der Waals surface area contributed by atoms with Crippen LogP contribution in [0.1, 0.15) is 39.5 Å². The van der Waals surface area contributed by atoms with Gasteiger partial charge in [0.15, 0.2) is 0 Å². The molecule has 0 amide bonds. The lowest BCUT2D eigenvalue weighted by Gasteiger charge is -2.17. The molecule has 0 spiro atoms. The summed E-state index contributed by atoms with van der Waals surface area (Å²) >= 11 is 0. The van der Waals surface area contributed by atoms with E-state index in [9.17, 15) is 8.42 Å². The Kier molecular flexibility index (Phi) is 5.62. The number of nitrogens with one attached hydrogen (secondary N) is 1. The van der Waals surface area contributed by atoms with Gasteiger partial charge in [-0.25, -0.2) is 13.6 Å². The molecule has 0 aliphatic heterocycles. The number of nitrogen functional groups attached to an aromatic ring is 1.